The molecule has 0 radical (unpaired) electrons. The van der Waals surface area contributed by atoms with Crippen molar-refractivity contribution >= 4 is 22.8 Å². The molecule has 3 heterocycles. The molecule has 7 nitrogen and oxygen atoms in total. The number of fused-ring (bicyclic) bond motifs is 1. The second kappa shape index (κ2) is 9.81. The number of piperazine rings is 1. The lowest BCUT2D eigenvalue weighted by atomic mass is 9.80. The van der Waals surface area contributed by atoms with Crippen LogP contribution in [0.5, 0.6) is 0 Å². The number of benzene rings is 1. The van der Waals surface area contributed by atoms with Crippen molar-refractivity contribution in [1.29, 1.82) is 0 Å². The summed E-state index contributed by atoms with van der Waals surface area (Å²) in [5.74, 6) is -3.31. The Hall–Kier alpha value is -3.20. The maximum Gasteiger partial charge on any atom is 0.249 e. The number of nitrogens with one attached hydrogen (secondary N) is 2. The summed E-state index contributed by atoms with van der Waals surface area (Å²) in [6, 6.07) is 12.5. The first-order valence-electron chi connectivity index (χ1n) is 12.4. The predicted molar refractivity (Wildman–Crippen MR) is 134 cm³/mol. The number of carbonyl (C=O) groups excluding carboxylic acids is 1. The first kappa shape index (κ1) is 23.5. The van der Waals surface area contributed by atoms with E-state index in [4.69, 9.17) is 0 Å². The number of rotatable bonds is 8. The molecule has 1 amide bonds. The number of carbonyl (C=O) groups is 1. The Bertz CT molecular complexity index is 1160. The quantitative estimate of drug-likeness (QED) is 0.479. The van der Waals surface area contributed by atoms with Gasteiger partial charge in [-0.1, -0.05) is 19.1 Å². The van der Waals surface area contributed by atoms with Gasteiger partial charge in [0.25, 0.3) is 0 Å². The Morgan fingerprint density at radius 3 is 2.49 bits per heavy atom. The average molecular weight is 483 g/mol. The molecular weight excluding hydrogens is 450 g/mol. The number of hydrogen-bond acceptors (Lipinski definition) is 5. The van der Waals surface area contributed by atoms with E-state index in [-0.39, 0.29) is 18.7 Å². The minimum absolute atomic E-state index is 0.125. The Morgan fingerprint density at radius 2 is 1.80 bits per heavy atom. The second-order valence-corrected chi connectivity index (χ2v) is 9.41. The van der Waals surface area contributed by atoms with Crippen LogP contribution in [0.25, 0.3) is 16.6 Å². The molecule has 0 unspecified atom stereocenters. The van der Waals surface area contributed by atoms with Gasteiger partial charge in [0.15, 0.2) is 0 Å². The van der Waals surface area contributed by atoms with Gasteiger partial charge in [0.05, 0.1) is 11.2 Å². The number of halogens is 2. The molecule has 2 aromatic heterocycles. The minimum Gasteiger partial charge on any atom is -0.384 e. The monoisotopic (exact) mass is 482 g/mol. The summed E-state index contributed by atoms with van der Waals surface area (Å²) in [6.07, 6.45) is 3.20. The fraction of sp³-hybridized carbons (Fsp3) is 0.462. The topological polar surface area (TPSA) is 64.9 Å². The van der Waals surface area contributed by atoms with Crippen LogP contribution in [0.2, 0.25) is 0 Å². The largest absolute Gasteiger partial charge is 0.384 e. The van der Waals surface area contributed by atoms with E-state index >= 15 is 0 Å². The number of likely N-dealkylation sites (N-methyl/N-ethyl adjacent to an activating group) is 1. The zero-order chi connectivity index (χ0) is 24.4. The normalized spacial score (nSPS) is 18.0. The van der Waals surface area contributed by atoms with Crippen LogP contribution in [0.4, 0.5) is 20.2 Å². The van der Waals surface area contributed by atoms with E-state index in [1.54, 1.807) is 11.1 Å². The molecule has 186 valence electrons. The van der Waals surface area contributed by atoms with E-state index in [0.29, 0.717) is 26.2 Å². The highest BCUT2D eigenvalue weighted by Crippen LogP contribution is 2.43. The van der Waals surface area contributed by atoms with Crippen molar-refractivity contribution in [3.8, 4) is 11.1 Å². The van der Waals surface area contributed by atoms with Crippen LogP contribution in [-0.2, 0) is 4.79 Å². The fourth-order valence-corrected chi connectivity index (χ4v) is 4.94. The predicted octanol–water partition coefficient (Wildman–Crippen LogP) is 3.72. The van der Waals surface area contributed by atoms with Gasteiger partial charge in [0.1, 0.15) is 0 Å². The molecular formula is C26H32F2N6O. The van der Waals surface area contributed by atoms with E-state index in [2.05, 4.69) is 57.9 Å². The van der Waals surface area contributed by atoms with Gasteiger partial charge in [-0.3, -0.25) is 4.79 Å². The lowest BCUT2D eigenvalue weighted by molar-refractivity contribution is -0.160. The molecule has 35 heavy (non-hydrogen) atoms. The highest BCUT2D eigenvalue weighted by atomic mass is 19.3. The summed E-state index contributed by atoms with van der Waals surface area (Å²) in [7, 11) is 0. The van der Waals surface area contributed by atoms with E-state index in [1.165, 1.54) is 0 Å². The maximum absolute atomic E-state index is 13.2. The van der Waals surface area contributed by atoms with Gasteiger partial charge >= 0.3 is 0 Å². The summed E-state index contributed by atoms with van der Waals surface area (Å²) in [5, 5.41) is 11.2. The Kier molecular flexibility index (Phi) is 6.60. The van der Waals surface area contributed by atoms with Crippen LogP contribution < -0.4 is 15.5 Å². The summed E-state index contributed by atoms with van der Waals surface area (Å²) >= 11 is 0. The third-order valence-electron chi connectivity index (χ3n) is 6.96. The molecule has 1 aliphatic carbocycles. The first-order valence-corrected chi connectivity index (χ1v) is 12.4. The lowest BCUT2D eigenvalue weighted by Gasteiger charge is -2.41. The van der Waals surface area contributed by atoms with Crippen LogP contribution >= 0.6 is 0 Å². The molecule has 2 aliphatic rings. The van der Waals surface area contributed by atoms with Crippen molar-refractivity contribution in [1.82, 2.24) is 19.8 Å². The Morgan fingerprint density at radius 1 is 1.06 bits per heavy atom. The van der Waals surface area contributed by atoms with E-state index in [0.717, 1.165) is 47.7 Å². The third kappa shape index (κ3) is 5.10. The van der Waals surface area contributed by atoms with Gasteiger partial charge in [-0.25, -0.2) is 13.3 Å². The molecule has 1 saturated heterocycles. The zero-order valence-corrected chi connectivity index (χ0v) is 20.0. The van der Waals surface area contributed by atoms with Gasteiger partial charge in [0.2, 0.25) is 11.8 Å². The number of amides is 1. The number of anilines is 2. The van der Waals surface area contributed by atoms with Gasteiger partial charge in [-0.15, -0.1) is 0 Å². The second-order valence-electron chi connectivity index (χ2n) is 9.41. The summed E-state index contributed by atoms with van der Waals surface area (Å²) < 4.78 is 28.2. The van der Waals surface area contributed by atoms with Crippen molar-refractivity contribution in [2.45, 2.75) is 25.7 Å². The van der Waals surface area contributed by atoms with Crippen molar-refractivity contribution in [2.75, 3.05) is 56.0 Å². The molecule has 2 fully saturated rings. The Labute approximate surface area is 204 Å². The van der Waals surface area contributed by atoms with Crippen molar-refractivity contribution in [3.63, 3.8) is 0 Å². The van der Waals surface area contributed by atoms with Crippen molar-refractivity contribution in [2.24, 2.45) is 5.92 Å². The van der Waals surface area contributed by atoms with Gasteiger partial charge in [0, 0.05) is 81.7 Å². The third-order valence-corrected chi connectivity index (χ3v) is 6.96. The minimum atomic E-state index is -2.67. The molecule has 3 aromatic rings. The summed E-state index contributed by atoms with van der Waals surface area (Å²) in [4.78, 5) is 16.5. The van der Waals surface area contributed by atoms with Crippen LogP contribution in [-0.4, -0.2) is 72.2 Å². The first-order chi connectivity index (χ1) is 16.9. The number of alkyl halides is 2. The van der Waals surface area contributed by atoms with Crippen LogP contribution in [0.15, 0.2) is 48.8 Å². The van der Waals surface area contributed by atoms with Crippen LogP contribution in [0, 0.1) is 5.92 Å². The summed E-state index contributed by atoms with van der Waals surface area (Å²) in [6.45, 7) is 7.30. The zero-order valence-electron chi connectivity index (χ0n) is 20.0. The van der Waals surface area contributed by atoms with Gasteiger partial charge in [-0.05, 0) is 36.4 Å². The van der Waals surface area contributed by atoms with E-state index in [9.17, 15) is 13.6 Å². The van der Waals surface area contributed by atoms with Crippen molar-refractivity contribution < 1.29 is 13.6 Å². The molecule has 5 rings (SSSR count). The number of nitrogens with zero attached hydrogens (tertiary/aromatic N) is 4. The van der Waals surface area contributed by atoms with Gasteiger partial charge < -0.3 is 20.4 Å². The highest BCUT2D eigenvalue weighted by Gasteiger charge is 2.49. The molecule has 0 spiro atoms. The van der Waals surface area contributed by atoms with E-state index < -0.39 is 11.8 Å². The Balaban J connectivity index is 1.24. The molecule has 1 aliphatic heterocycles. The molecule has 0 bridgehead atoms. The molecule has 1 aromatic carbocycles. The lowest BCUT2D eigenvalue weighted by Crippen LogP contribution is -2.53. The standard InChI is InChI=1S/C26H32F2N6O/c1-2-29-9-10-30-22-5-3-19(4-6-22)20-15-24-23(7-8-31-34(24)18-20)32-11-13-33(14-12-32)25(35)21-16-26(27,28)17-21/h3-8,15,18,21,29-30H,2,9-14,16-17H2,1H3. The van der Waals surface area contributed by atoms with Crippen LogP contribution in [0.3, 0.4) is 0 Å². The maximum atomic E-state index is 13.2. The molecule has 2 N–H and O–H groups in total. The smallest absolute Gasteiger partial charge is 0.249 e. The molecule has 0 atom stereocenters. The molecule has 1 saturated carbocycles. The van der Waals surface area contributed by atoms with E-state index in [1.807, 2.05) is 16.8 Å². The highest BCUT2D eigenvalue weighted by molar-refractivity contribution is 5.82. The fourth-order valence-electron chi connectivity index (χ4n) is 4.94. The van der Waals surface area contributed by atoms with Crippen LogP contribution in [0.1, 0.15) is 19.8 Å². The van der Waals surface area contributed by atoms with Crippen molar-refractivity contribution in [3.05, 3.63) is 48.8 Å². The molecule has 9 heteroatoms. The van der Waals surface area contributed by atoms with Gasteiger partial charge in [-0.2, -0.15) is 5.10 Å². The SMILES string of the molecule is CCNCCNc1ccc(-c2cc3c(N4CCN(C(=O)C5CC(F)(F)C5)CC4)ccnn3c2)cc1. The average Bonchev–Trinajstić information content (AvgIpc) is 3.30. The summed E-state index contributed by atoms with van der Waals surface area (Å²) in [5.41, 5.74) is 5.37. The number of aromatic nitrogens is 2. The number of hydrogen-bond donors (Lipinski definition) is 2.